The van der Waals surface area contributed by atoms with E-state index in [0.717, 1.165) is 22.7 Å². The van der Waals surface area contributed by atoms with Gasteiger partial charge in [-0.25, -0.2) is 0 Å². The van der Waals surface area contributed by atoms with E-state index >= 15 is 0 Å². The van der Waals surface area contributed by atoms with Crippen molar-refractivity contribution >= 4 is 29.0 Å². The Bertz CT molecular complexity index is 1170. The number of amides is 2. The molecule has 7 nitrogen and oxygen atoms in total. The summed E-state index contributed by atoms with van der Waals surface area (Å²) in [5.74, 6) is -0.766. The molecule has 0 saturated carbocycles. The second-order valence-electron chi connectivity index (χ2n) is 7.16. The average molecular weight is 444 g/mol. The van der Waals surface area contributed by atoms with Crippen molar-refractivity contribution in [2.75, 3.05) is 4.90 Å². The highest BCUT2D eigenvalue weighted by Crippen LogP contribution is 2.29. The van der Waals surface area contributed by atoms with E-state index < -0.39 is 11.9 Å². The summed E-state index contributed by atoms with van der Waals surface area (Å²) in [6.45, 7) is 2.29. The van der Waals surface area contributed by atoms with Gasteiger partial charge in [0.25, 0.3) is 5.91 Å². The van der Waals surface area contributed by atoms with Gasteiger partial charge in [0.15, 0.2) is 11.7 Å². The minimum absolute atomic E-state index is 0.173. The second kappa shape index (κ2) is 9.93. The number of pyridine rings is 1. The van der Waals surface area contributed by atoms with Gasteiger partial charge in [-0.15, -0.1) is 5.10 Å². The van der Waals surface area contributed by atoms with Crippen molar-refractivity contribution in [2.45, 2.75) is 19.5 Å². The van der Waals surface area contributed by atoms with Crippen molar-refractivity contribution in [3.8, 4) is 0 Å². The zero-order valence-electron chi connectivity index (χ0n) is 17.4. The Morgan fingerprint density at radius 2 is 1.75 bits per heavy atom. The fraction of sp³-hybridized carbons (Fsp3) is 0.125. The third-order valence-corrected chi connectivity index (χ3v) is 5.40. The molecule has 0 unspecified atom stereocenters. The lowest BCUT2D eigenvalue weighted by Gasteiger charge is -2.30. The third-order valence-electron chi connectivity index (χ3n) is 4.89. The van der Waals surface area contributed by atoms with Gasteiger partial charge >= 0.3 is 0 Å². The molecular formula is C24H21N5O2S. The maximum Gasteiger partial charge on any atom is 0.280 e. The largest absolute Gasteiger partial charge is 0.350 e. The Morgan fingerprint density at radius 1 is 1.00 bits per heavy atom. The van der Waals surface area contributed by atoms with E-state index in [2.05, 4.69) is 19.9 Å². The summed E-state index contributed by atoms with van der Waals surface area (Å²) in [7, 11) is 0. The molecule has 160 valence electrons. The van der Waals surface area contributed by atoms with Gasteiger partial charge in [0.05, 0.1) is 5.69 Å². The van der Waals surface area contributed by atoms with Crippen molar-refractivity contribution in [1.82, 2.24) is 19.9 Å². The summed E-state index contributed by atoms with van der Waals surface area (Å²) in [6, 6.07) is 21.3. The lowest BCUT2D eigenvalue weighted by Crippen LogP contribution is -2.44. The molecule has 2 amide bonds. The number of anilines is 1. The quantitative estimate of drug-likeness (QED) is 0.467. The summed E-state index contributed by atoms with van der Waals surface area (Å²) >= 11 is 1.08. The van der Waals surface area contributed by atoms with Gasteiger partial charge in [-0.05, 0) is 48.3 Å². The molecule has 4 rings (SSSR count). The lowest BCUT2D eigenvalue weighted by atomic mass is 10.1. The summed E-state index contributed by atoms with van der Waals surface area (Å²) in [6.07, 6.45) is 1.61. The maximum absolute atomic E-state index is 13.5. The predicted octanol–water partition coefficient (Wildman–Crippen LogP) is 3.95. The van der Waals surface area contributed by atoms with Crippen molar-refractivity contribution in [3.63, 3.8) is 0 Å². The Labute approximate surface area is 189 Å². The molecule has 0 aliphatic carbocycles. The fourth-order valence-electron chi connectivity index (χ4n) is 3.27. The van der Waals surface area contributed by atoms with Crippen LogP contribution in [0.1, 0.15) is 33.4 Å². The summed E-state index contributed by atoms with van der Waals surface area (Å²) in [5, 5.41) is 8.46. The highest BCUT2D eigenvalue weighted by Gasteiger charge is 2.35. The summed E-state index contributed by atoms with van der Waals surface area (Å²) in [4.78, 5) is 32.8. The first kappa shape index (κ1) is 21.3. The molecule has 0 saturated heterocycles. The molecule has 1 atom stereocenters. The topological polar surface area (TPSA) is 88.1 Å². The van der Waals surface area contributed by atoms with Gasteiger partial charge in [0, 0.05) is 23.8 Å². The first-order chi connectivity index (χ1) is 15.6. The van der Waals surface area contributed by atoms with Crippen LogP contribution in [0.25, 0.3) is 0 Å². The van der Waals surface area contributed by atoms with Gasteiger partial charge in [0.2, 0.25) is 5.91 Å². The van der Waals surface area contributed by atoms with E-state index in [0.29, 0.717) is 17.9 Å². The Morgan fingerprint density at radius 3 is 2.41 bits per heavy atom. The number of aryl methyl sites for hydroxylation is 1. The molecule has 0 aliphatic rings. The number of carbonyl (C=O) groups excluding carboxylic acids is 2. The van der Waals surface area contributed by atoms with E-state index in [1.807, 2.05) is 61.5 Å². The van der Waals surface area contributed by atoms with Crippen LogP contribution in [0, 0.1) is 6.92 Å². The molecule has 0 fully saturated rings. The first-order valence-electron chi connectivity index (χ1n) is 10.0. The van der Waals surface area contributed by atoms with E-state index in [1.54, 1.807) is 29.8 Å². The predicted molar refractivity (Wildman–Crippen MR) is 123 cm³/mol. The van der Waals surface area contributed by atoms with Crippen molar-refractivity contribution in [2.24, 2.45) is 0 Å². The Kier molecular flexibility index (Phi) is 6.62. The van der Waals surface area contributed by atoms with Gasteiger partial charge in [-0.3, -0.25) is 19.5 Å². The zero-order chi connectivity index (χ0) is 22.3. The van der Waals surface area contributed by atoms with E-state index in [4.69, 9.17) is 0 Å². The number of benzene rings is 2. The molecule has 2 aromatic heterocycles. The van der Waals surface area contributed by atoms with Crippen molar-refractivity contribution in [3.05, 3.63) is 107 Å². The van der Waals surface area contributed by atoms with Crippen LogP contribution in [0.15, 0.2) is 84.4 Å². The van der Waals surface area contributed by atoms with Crippen LogP contribution >= 0.6 is 11.5 Å². The Hall–Kier alpha value is -3.91. The number of hydrogen-bond donors (Lipinski definition) is 1. The smallest absolute Gasteiger partial charge is 0.280 e. The normalized spacial score (nSPS) is 11.5. The minimum atomic E-state index is -0.989. The zero-order valence-corrected chi connectivity index (χ0v) is 18.2. The molecule has 32 heavy (non-hydrogen) atoms. The highest BCUT2D eigenvalue weighted by atomic mass is 32.1. The van der Waals surface area contributed by atoms with Crippen LogP contribution in [0.3, 0.4) is 0 Å². The molecule has 0 radical (unpaired) electrons. The van der Waals surface area contributed by atoms with Crippen LogP contribution in [0.4, 0.5) is 5.69 Å². The molecule has 8 heteroatoms. The summed E-state index contributed by atoms with van der Waals surface area (Å²) < 4.78 is 3.81. The van der Waals surface area contributed by atoms with Crippen molar-refractivity contribution in [1.29, 1.82) is 0 Å². The van der Waals surface area contributed by atoms with E-state index in [-0.39, 0.29) is 11.6 Å². The van der Waals surface area contributed by atoms with Gasteiger partial charge in [-0.1, -0.05) is 58.6 Å². The molecular weight excluding hydrogens is 422 g/mol. The molecule has 0 spiro atoms. The standard InChI is InChI=1S/C24H21N5O2S/c1-17-10-12-19(13-11-17)29(24(31)21-16-32-28-27-21)22(20-9-5-6-14-25-20)23(30)26-15-18-7-3-2-4-8-18/h2-14,16,22H,15H2,1H3,(H,26,30)/t22-/m1/s1. The van der Waals surface area contributed by atoms with Gasteiger partial charge in [-0.2, -0.15) is 0 Å². The minimum Gasteiger partial charge on any atom is -0.350 e. The van der Waals surface area contributed by atoms with Gasteiger partial charge in [0.1, 0.15) is 0 Å². The van der Waals surface area contributed by atoms with Crippen LogP contribution in [0.2, 0.25) is 0 Å². The third kappa shape index (κ3) is 4.87. The fourth-order valence-corrected chi connectivity index (χ4v) is 3.70. The molecule has 4 aromatic rings. The SMILES string of the molecule is Cc1ccc(N(C(=O)c2csnn2)[C@@H](C(=O)NCc2ccccc2)c2ccccn2)cc1. The monoisotopic (exact) mass is 443 g/mol. The molecule has 1 N–H and O–H groups in total. The molecule has 2 heterocycles. The lowest BCUT2D eigenvalue weighted by molar-refractivity contribution is -0.122. The Balaban J connectivity index is 1.75. The molecule has 0 aliphatic heterocycles. The molecule has 2 aromatic carbocycles. The molecule has 0 bridgehead atoms. The first-order valence-corrected chi connectivity index (χ1v) is 10.9. The highest BCUT2D eigenvalue weighted by molar-refractivity contribution is 7.03. The number of rotatable bonds is 7. The second-order valence-corrected chi connectivity index (χ2v) is 7.77. The number of nitrogens with zero attached hydrogens (tertiary/aromatic N) is 4. The van der Waals surface area contributed by atoms with Crippen LogP contribution in [-0.4, -0.2) is 26.4 Å². The summed E-state index contributed by atoms with van der Waals surface area (Å²) in [5.41, 5.74) is 3.19. The van der Waals surface area contributed by atoms with Crippen LogP contribution < -0.4 is 10.2 Å². The average Bonchev–Trinajstić information content (AvgIpc) is 3.38. The van der Waals surface area contributed by atoms with E-state index in [9.17, 15) is 9.59 Å². The van der Waals surface area contributed by atoms with Crippen molar-refractivity contribution < 1.29 is 9.59 Å². The van der Waals surface area contributed by atoms with Crippen LogP contribution in [-0.2, 0) is 11.3 Å². The van der Waals surface area contributed by atoms with E-state index in [1.165, 1.54) is 4.90 Å². The van der Waals surface area contributed by atoms with Gasteiger partial charge < -0.3 is 5.32 Å². The van der Waals surface area contributed by atoms with Crippen LogP contribution in [0.5, 0.6) is 0 Å². The number of aromatic nitrogens is 3. The number of nitrogens with one attached hydrogen (secondary N) is 1. The maximum atomic E-state index is 13.5. The number of carbonyl (C=O) groups is 2. The number of hydrogen-bond acceptors (Lipinski definition) is 6.